The number of carbonyl (C=O) groups excluding carboxylic acids is 3. The molecule has 0 bridgehead atoms. The zero-order chi connectivity index (χ0) is 27.8. The van der Waals surface area contributed by atoms with Gasteiger partial charge in [0, 0.05) is 36.0 Å². The third kappa shape index (κ3) is 4.65. The number of halogens is 2. The number of hydrogen-bond donors (Lipinski definition) is 3. The van der Waals surface area contributed by atoms with Crippen LogP contribution in [0, 0.1) is 5.92 Å². The van der Waals surface area contributed by atoms with E-state index >= 15 is 0 Å². The van der Waals surface area contributed by atoms with Gasteiger partial charge in [0.1, 0.15) is 22.1 Å². The van der Waals surface area contributed by atoms with Gasteiger partial charge >= 0.3 is 5.97 Å². The maximum Gasteiger partial charge on any atom is 0.305 e. The molecular formula is C26H24Cl2N2O8. The van der Waals surface area contributed by atoms with Gasteiger partial charge in [0.15, 0.2) is 5.75 Å². The topological polar surface area (TPSA) is 140 Å². The van der Waals surface area contributed by atoms with E-state index in [0.29, 0.717) is 11.4 Å². The second-order valence-electron chi connectivity index (χ2n) is 8.82. The fourth-order valence-electron chi connectivity index (χ4n) is 4.56. The number of rotatable bonds is 8. The first-order chi connectivity index (χ1) is 18.0. The molecule has 10 nitrogen and oxygen atoms in total. The van der Waals surface area contributed by atoms with Crippen LogP contribution >= 0.6 is 23.2 Å². The largest absolute Gasteiger partial charge is 0.496 e. The molecule has 2 aromatic rings. The van der Waals surface area contributed by atoms with Crippen molar-refractivity contribution < 1.29 is 38.5 Å². The number of carboxylic acids is 1. The predicted molar refractivity (Wildman–Crippen MR) is 139 cm³/mol. The van der Waals surface area contributed by atoms with Crippen LogP contribution < -0.4 is 24.8 Å². The molecule has 0 fully saturated rings. The van der Waals surface area contributed by atoms with Gasteiger partial charge in [0.2, 0.25) is 17.2 Å². The summed E-state index contributed by atoms with van der Waals surface area (Å²) in [6.45, 7) is 1.69. The molecule has 2 atom stereocenters. The number of hydrogen-bond acceptors (Lipinski definition) is 8. The second-order valence-corrected chi connectivity index (χ2v) is 9.61. The number of carbonyl (C=O) groups is 4. The molecule has 2 aromatic carbocycles. The molecule has 2 aliphatic rings. The summed E-state index contributed by atoms with van der Waals surface area (Å²) in [7, 11) is 2.81. The van der Waals surface area contributed by atoms with Crippen LogP contribution in [0.3, 0.4) is 0 Å². The smallest absolute Gasteiger partial charge is 0.305 e. The molecule has 3 N–H and O–H groups in total. The maximum atomic E-state index is 13.6. The Kier molecular flexibility index (Phi) is 7.57. The second kappa shape index (κ2) is 10.5. The molecule has 1 heterocycles. The first-order valence-corrected chi connectivity index (χ1v) is 12.3. The summed E-state index contributed by atoms with van der Waals surface area (Å²) in [5.41, 5.74) is -0.506. The molecule has 0 aromatic heterocycles. The average molecular weight is 563 g/mol. The number of Topliss-reactive ketones (excluding diaryl/α,β-unsaturated/α-hetero) is 1. The number of nitrogens with one attached hydrogen (secondary N) is 2. The van der Waals surface area contributed by atoms with Gasteiger partial charge in [0.25, 0.3) is 5.91 Å². The lowest BCUT2D eigenvalue weighted by Gasteiger charge is -2.35. The summed E-state index contributed by atoms with van der Waals surface area (Å²) >= 11 is 12.7. The quantitative estimate of drug-likeness (QED) is 0.405. The summed E-state index contributed by atoms with van der Waals surface area (Å²) in [6, 6.07) is 6.07. The van der Waals surface area contributed by atoms with Crippen LogP contribution in [-0.2, 0) is 9.59 Å². The van der Waals surface area contributed by atoms with Gasteiger partial charge in [-0.15, -0.1) is 0 Å². The Bertz CT molecular complexity index is 1390. The predicted octanol–water partition coefficient (Wildman–Crippen LogP) is 4.13. The Morgan fingerprint density at radius 1 is 1.16 bits per heavy atom. The van der Waals surface area contributed by atoms with Crippen LogP contribution in [0.1, 0.15) is 40.5 Å². The first kappa shape index (κ1) is 27.3. The van der Waals surface area contributed by atoms with Crippen molar-refractivity contribution in [3.8, 4) is 17.2 Å². The Morgan fingerprint density at radius 3 is 2.47 bits per heavy atom. The normalized spacial score (nSPS) is 19.9. The molecule has 1 spiro atoms. The third-order valence-electron chi connectivity index (χ3n) is 6.45. The van der Waals surface area contributed by atoms with E-state index in [2.05, 4.69) is 10.6 Å². The number of benzene rings is 2. The van der Waals surface area contributed by atoms with E-state index in [1.807, 2.05) is 0 Å². The van der Waals surface area contributed by atoms with Crippen molar-refractivity contribution in [1.29, 1.82) is 0 Å². The van der Waals surface area contributed by atoms with Crippen molar-refractivity contribution in [2.24, 2.45) is 5.92 Å². The molecule has 0 radical (unpaired) electrons. The van der Waals surface area contributed by atoms with Gasteiger partial charge in [-0.3, -0.25) is 19.2 Å². The lowest BCUT2D eigenvalue weighted by molar-refractivity contribution is -0.136. The Labute approximate surface area is 227 Å². The van der Waals surface area contributed by atoms with E-state index < -0.39 is 35.0 Å². The summed E-state index contributed by atoms with van der Waals surface area (Å²) < 4.78 is 16.6. The van der Waals surface area contributed by atoms with Crippen LogP contribution in [0.25, 0.3) is 0 Å². The van der Waals surface area contributed by atoms with Crippen LogP contribution in [-0.4, -0.2) is 54.9 Å². The summed E-state index contributed by atoms with van der Waals surface area (Å²) in [5.74, 6) is -2.73. The van der Waals surface area contributed by atoms with Crippen LogP contribution in [0.4, 0.5) is 5.69 Å². The number of amides is 1. The molecule has 1 aliphatic heterocycles. The highest BCUT2D eigenvalue weighted by Crippen LogP contribution is 2.53. The summed E-state index contributed by atoms with van der Waals surface area (Å²) in [4.78, 5) is 49.9. The van der Waals surface area contributed by atoms with Crippen molar-refractivity contribution in [2.45, 2.75) is 25.4 Å². The minimum atomic E-state index is -1.80. The highest BCUT2D eigenvalue weighted by atomic mass is 35.5. The SMILES string of the molecule is COc1cc(OC)c2c(c1Cl)OC1(C(=O)C=C(Nc3ccc(C(=O)NCCC(=O)O)c(Cl)c3)CC1C)C2=O. The van der Waals surface area contributed by atoms with Gasteiger partial charge in [-0.05, 0) is 24.6 Å². The zero-order valence-electron chi connectivity index (χ0n) is 20.6. The lowest BCUT2D eigenvalue weighted by atomic mass is 9.74. The molecule has 38 heavy (non-hydrogen) atoms. The van der Waals surface area contributed by atoms with E-state index in [0.717, 1.165) is 0 Å². The minimum absolute atomic E-state index is 0.0341. The van der Waals surface area contributed by atoms with Crippen LogP contribution in [0.15, 0.2) is 36.0 Å². The number of aliphatic carboxylic acids is 1. The number of ketones is 2. The van der Waals surface area contributed by atoms with Crippen LogP contribution in [0.5, 0.6) is 17.2 Å². The van der Waals surface area contributed by atoms with Crippen molar-refractivity contribution in [1.82, 2.24) is 5.32 Å². The summed E-state index contributed by atoms with van der Waals surface area (Å²) in [5, 5.41) is 14.5. The highest BCUT2D eigenvalue weighted by Gasteiger charge is 2.60. The van der Waals surface area contributed by atoms with Gasteiger partial charge in [0.05, 0.1) is 31.2 Å². The number of methoxy groups -OCH3 is 2. The third-order valence-corrected chi connectivity index (χ3v) is 7.12. The molecule has 200 valence electrons. The Morgan fingerprint density at radius 2 is 1.87 bits per heavy atom. The van der Waals surface area contributed by atoms with Crippen molar-refractivity contribution >= 4 is 52.3 Å². The van der Waals surface area contributed by atoms with Crippen molar-refractivity contribution in [2.75, 3.05) is 26.1 Å². The highest BCUT2D eigenvalue weighted by molar-refractivity contribution is 6.36. The van der Waals surface area contributed by atoms with Gasteiger partial charge in [-0.25, -0.2) is 0 Å². The molecule has 0 saturated carbocycles. The number of fused-ring (bicyclic) bond motifs is 1. The standard InChI is InChI=1S/C26H24Cl2N2O8/c1-12-8-14(30-13-4-5-15(16(27)9-13)25(35)29-7-6-20(32)33)10-19(31)26(12)24(34)21-17(36-2)11-18(37-3)22(28)23(21)38-26/h4-5,9-12,30H,6-8H2,1-3H3,(H,29,35)(H,32,33). The minimum Gasteiger partial charge on any atom is -0.496 e. The van der Waals surface area contributed by atoms with Crippen molar-refractivity contribution in [3.63, 3.8) is 0 Å². The molecule has 4 rings (SSSR count). The molecule has 2 unspecified atom stereocenters. The van der Waals surface area contributed by atoms with E-state index in [4.69, 9.17) is 42.5 Å². The van der Waals surface area contributed by atoms with Gasteiger partial charge in [-0.1, -0.05) is 30.1 Å². The Hall–Kier alpha value is -3.76. The number of allylic oxidation sites excluding steroid dienone is 1. The van der Waals surface area contributed by atoms with Gasteiger partial charge in [-0.2, -0.15) is 0 Å². The molecular weight excluding hydrogens is 539 g/mol. The van der Waals surface area contributed by atoms with E-state index in [9.17, 15) is 19.2 Å². The fourth-order valence-corrected chi connectivity index (χ4v) is 5.09. The average Bonchev–Trinajstić information content (AvgIpc) is 3.17. The van der Waals surface area contributed by atoms with Crippen molar-refractivity contribution in [3.05, 3.63) is 57.2 Å². The zero-order valence-corrected chi connectivity index (χ0v) is 22.2. The monoisotopic (exact) mass is 562 g/mol. The van der Waals surface area contributed by atoms with E-state index in [1.54, 1.807) is 13.0 Å². The molecule has 1 amide bonds. The van der Waals surface area contributed by atoms with E-state index in [-0.39, 0.29) is 57.8 Å². The molecule has 12 heteroatoms. The van der Waals surface area contributed by atoms with Gasteiger partial charge < -0.3 is 30.0 Å². The summed E-state index contributed by atoms with van der Waals surface area (Å²) in [6.07, 6.45) is 1.37. The Balaban J connectivity index is 1.56. The van der Waals surface area contributed by atoms with E-state index in [1.165, 1.54) is 38.5 Å². The first-order valence-electron chi connectivity index (χ1n) is 11.5. The number of carboxylic acid groups (broad SMARTS) is 1. The number of ether oxygens (including phenoxy) is 3. The molecule has 1 aliphatic carbocycles. The van der Waals surface area contributed by atoms with Crippen LogP contribution in [0.2, 0.25) is 10.0 Å². The maximum absolute atomic E-state index is 13.6. The molecule has 0 saturated heterocycles. The number of anilines is 1. The lowest BCUT2D eigenvalue weighted by Crippen LogP contribution is -2.55. The fraction of sp³-hybridized carbons (Fsp3) is 0.308.